The quantitative estimate of drug-likeness (QED) is 0.761. The lowest BCUT2D eigenvalue weighted by Crippen LogP contribution is -2.25. The molecule has 0 bridgehead atoms. The number of rotatable bonds is 4. The Hall–Kier alpha value is -2.30. The van der Waals surface area contributed by atoms with Gasteiger partial charge in [0, 0.05) is 30.4 Å². The van der Waals surface area contributed by atoms with E-state index in [4.69, 9.17) is 0 Å². The standard InChI is InChI=1S/C13H15N3O2/c1-9-6-10(2-3-12(9)17)13(18)15-5-4-11-7-14-8-16-11/h2-3,6-8,17H,4-5H2,1H3,(H,14,16)(H,15,18). The SMILES string of the molecule is Cc1cc(C(=O)NCCc2cnc[nH]2)ccc1O. The summed E-state index contributed by atoms with van der Waals surface area (Å²) in [7, 11) is 0. The molecule has 3 N–H and O–H groups in total. The molecule has 1 aromatic carbocycles. The van der Waals surface area contributed by atoms with E-state index < -0.39 is 0 Å². The number of aromatic nitrogens is 2. The van der Waals surface area contributed by atoms with Gasteiger partial charge in [-0.2, -0.15) is 0 Å². The maximum atomic E-state index is 11.8. The first kappa shape index (κ1) is 12.2. The van der Waals surface area contributed by atoms with Gasteiger partial charge in [-0.1, -0.05) is 0 Å². The highest BCUT2D eigenvalue weighted by Gasteiger charge is 2.06. The minimum Gasteiger partial charge on any atom is -0.508 e. The summed E-state index contributed by atoms with van der Waals surface area (Å²) < 4.78 is 0. The molecule has 2 rings (SSSR count). The van der Waals surface area contributed by atoms with E-state index in [9.17, 15) is 9.90 Å². The molecule has 5 nitrogen and oxygen atoms in total. The highest BCUT2D eigenvalue weighted by atomic mass is 16.3. The fourth-order valence-corrected chi connectivity index (χ4v) is 1.63. The number of imidazole rings is 1. The van der Waals surface area contributed by atoms with Crippen molar-refractivity contribution >= 4 is 5.91 Å². The zero-order chi connectivity index (χ0) is 13.0. The molecule has 0 spiro atoms. The summed E-state index contributed by atoms with van der Waals surface area (Å²) in [6.45, 7) is 2.30. The number of aryl methyl sites for hydroxylation is 1. The third-order valence-electron chi connectivity index (χ3n) is 2.69. The maximum Gasteiger partial charge on any atom is 0.251 e. The molecular weight excluding hydrogens is 230 g/mol. The van der Waals surface area contributed by atoms with Crippen molar-refractivity contribution in [3.63, 3.8) is 0 Å². The number of carbonyl (C=O) groups excluding carboxylic acids is 1. The number of aromatic hydroxyl groups is 1. The molecule has 0 unspecified atom stereocenters. The van der Waals surface area contributed by atoms with E-state index in [2.05, 4.69) is 15.3 Å². The minimum atomic E-state index is -0.141. The second kappa shape index (κ2) is 5.35. The number of benzene rings is 1. The first-order valence-corrected chi connectivity index (χ1v) is 5.72. The van der Waals surface area contributed by atoms with Crippen LogP contribution in [0.1, 0.15) is 21.6 Å². The summed E-state index contributed by atoms with van der Waals surface area (Å²) in [5.74, 6) is 0.0571. The van der Waals surface area contributed by atoms with Crippen molar-refractivity contribution < 1.29 is 9.90 Å². The summed E-state index contributed by atoms with van der Waals surface area (Å²) in [4.78, 5) is 18.7. The van der Waals surface area contributed by atoms with Gasteiger partial charge >= 0.3 is 0 Å². The number of phenolic OH excluding ortho intramolecular Hbond substituents is 1. The summed E-state index contributed by atoms with van der Waals surface area (Å²) in [6, 6.07) is 4.80. The Kier molecular flexibility index (Phi) is 3.62. The third kappa shape index (κ3) is 2.88. The van der Waals surface area contributed by atoms with E-state index in [1.165, 1.54) is 6.07 Å². The van der Waals surface area contributed by atoms with Gasteiger partial charge in [-0.05, 0) is 30.7 Å². The number of carbonyl (C=O) groups is 1. The van der Waals surface area contributed by atoms with Crippen molar-refractivity contribution in [2.24, 2.45) is 0 Å². The van der Waals surface area contributed by atoms with E-state index in [1.807, 2.05) is 0 Å². The molecule has 0 atom stereocenters. The first-order chi connectivity index (χ1) is 8.66. The highest BCUT2D eigenvalue weighted by molar-refractivity contribution is 5.94. The summed E-state index contributed by atoms with van der Waals surface area (Å²) >= 11 is 0. The van der Waals surface area contributed by atoms with Gasteiger partial charge in [-0.25, -0.2) is 4.98 Å². The van der Waals surface area contributed by atoms with Crippen LogP contribution < -0.4 is 5.32 Å². The zero-order valence-corrected chi connectivity index (χ0v) is 10.1. The number of aromatic amines is 1. The van der Waals surface area contributed by atoms with E-state index in [1.54, 1.807) is 31.6 Å². The van der Waals surface area contributed by atoms with Gasteiger partial charge in [0.2, 0.25) is 0 Å². The van der Waals surface area contributed by atoms with Crippen LogP contribution >= 0.6 is 0 Å². The van der Waals surface area contributed by atoms with Crippen molar-refractivity contribution in [1.29, 1.82) is 0 Å². The molecule has 1 heterocycles. The van der Waals surface area contributed by atoms with Crippen LogP contribution in [0, 0.1) is 6.92 Å². The fraction of sp³-hybridized carbons (Fsp3) is 0.231. The van der Waals surface area contributed by atoms with E-state index in [0.29, 0.717) is 24.1 Å². The van der Waals surface area contributed by atoms with Gasteiger partial charge in [0.15, 0.2) is 0 Å². The smallest absolute Gasteiger partial charge is 0.251 e. The van der Waals surface area contributed by atoms with Crippen LogP contribution in [0.3, 0.4) is 0 Å². The number of hydrogen-bond acceptors (Lipinski definition) is 3. The van der Waals surface area contributed by atoms with Crippen molar-refractivity contribution in [3.8, 4) is 5.75 Å². The predicted octanol–water partition coefficient (Wildman–Crippen LogP) is 1.40. The molecule has 0 fully saturated rings. The highest BCUT2D eigenvalue weighted by Crippen LogP contribution is 2.16. The van der Waals surface area contributed by atoms with Crippen molar-refractivity contribution in [2.75, 3.05) is 6.54 Å². The van der Waals surface area contributed by atoms with Crippen molar-refractivity contribution in [2.45, 2.75) is 13.3 Å². The summed E-state index contributed by atoms with van der Waals surface area (Å²) in [5, 5.41) is 12.2. The molecule has 94 valence electrons. The summed E-state index contributed by atoms with van der Waals surface area (Å²) in [5.41, 5.74) is 2.23. The minimum absolute atomic E-state index is 0.141. The fourth-order valence-electron chi connectivity index (χ4n) is 1.63. The van der Waals surface area contributed by atoms with E-state index in [-0.39, 0.29) is 11.7 Å². The number of hydrogen-bond donors (Lipinski definition) is 3. The normalized spacial score (nSPS) is 10.3. The van der Waals surface area contributed by atoms with Gasteiger partial charge in [-0.15, -0.1) is 0 Å². The zero-order valence-electron chi connectivity index (χ0n) is 10.1. The Morgan fingerprint density at radius 1 is 1.50 bits per heavy atom. The molecule has 0 radical (unpaired) electrons. The van der Waals surface area contributed by atoms with E-state index >= 15 is 0 Å². The summed E-state index contributed by atoms with van der Waals surface area (Å²) in [6.07, 6.45) is 4.06. The molecule has 2 aromatic rings. The topological polar surface area (TPSA) is 78.0 Å². The second-order valence-electron chi connectivity index (χ2n) is 4.08. The van der Waals surface area contributed by atoms with Crippen molar-refractivity contribution in [3.05, 3.63) is 47.5 Å². The van der Waals surface area contributed by atoms with Gasteiger partial charge in [0.1, 0.15) is 5.75 Å². The van der Waals surface area contributed by atoms with Gasteiger partial charge in [-0.3, -0.25) is 4.79 Å². The van der Waals surface area contributed by atoms with Crippen molar-refractivity contribution in [1.82, 2.24) is 15.3 Å². The lowest BCUT2D eigenvalue weighted by atomic mass is 10.1. The monoisotopic (exact) mass is 245 g/mol. The molecule has 0 saturated heterocycles. The van der Waals surface area contributed by atoms with Crippen LogP contribution in [0.2, 0.25) is 0 Å². The molecule has 0 saturated carbocycles. The molecule has 0 aliphatic heterocycles. The molecule has 0 aliphatic carbocycles. The average Bonchev–Trinajstić information content (AvgIpc) is 2.85. The third-order valence-corrected chi connectivity index (χ3v) is 2.69. The number of nitrogens with one attached hydrogen (secondary N) is 2. The molecule has 1 aromatic heterocycles. The lowest BCUT2D eigenvalue weighted by molar-refractivity contribution is 0.0954. The lowest BCUT2D eigenvalue weighted by Gasteiger charge is -2.06. The molecule has 0 aliphatic rings. The Balaban J connectivity index is 1.89. The molecule has 1 amide bonds. The number of phenols is 1. The second-order valence-corrected chi connectivity index (χ2v) is 4.08. The van der Waals surface area contributed by atoms with Crippen LogP contribution in [0.4, 0.5) is 0 Å². The van der Waals surface area contributed by atoms with E-state index in [0.717, 1.165) is 5.69 Å². The van der Waals surface area contributed by atoms with Crippen LogP contribution in [0.15, 0.2) is 30.7 Å². The number of H-pyrrole nitrogens is 1. The van der Waals surface area contributed by atoms with Gasteiger partial charge < -0.3 is 15.4 Å². The van der Waals surface area contributed by atoms with Gasteiger partial charge in [0.05, 0.1) is 6.33 Å². The molecule has 18 heavy (non-hydrogen) atoms. The molecule has 5 heteroatoms. The Bertz CT molecular complexity index is 535. The van der Waals surface area contributed by atoms with Crippen LogP contribution in [0.5, 0.6) is 5.75 Å². The average molecular weight is 245 g/mol. The maximum absolute atomic E-state index is 11.8. The molecular formula is C13H15N3O2. The van der Waals surface area contributed by atoms with Crippen LogP contribution in [-0.4, -0.2) is 27.5 Å². The van der Waals surface area contributed by atoms with Gasteiger partial charge in [0.25, 0.3) is 5.91 Å². The Morgan fingerprint density at radius 3 is 3.00 bits per heavy atom. The largest absolute Gasteiger partial charge is 0.508 e. The Labute approximate surface area is 105 Å². The van der Waals surface area contributed by atoms with Crippen LogP contribution in [-0.2, 0) is 6.42 Å². The number of amides is 1. The number of nitrogens with zero attached hydrogens (tertiary/aromatic N) is 1. The van der Waals surface area contributed by atoms with Crippen LogP contribution in [0.25, 0.3) is 0 Å². The Morgan fingerprint density at radius 2 is 2.33 bits per heavy atom. The predicted molar refractivity (Wildman–Crippen MR) is 67.5 cm³/mol. The first-order valence-electron chi connectivity index (χ1n) is 5.72.